The number of benzene rings is 1. The summed E-state index contributed by atoms with van der Waals surface area (Å²) in [5, 5.41) is 0. The van der Waals surface area contributed by atoms with Gasteiger partial charge in [0.15, 0.2) is 6.61 Å². The molecule has 0 unspecified atom stereocenters. The van der Waals surface area contributed by atoms with Crippen LogP contribution in [0.2, 0.25) is 0 Å². The van der Waals surface area contributed by atoms with Crippen LogP contribution in [0.5, 0.6) is 0 Å². The first-order valence-corrected chi connectivity index (χ1v) is 10.4. The van der Waals surface area contributed by atoms with Crippen molar-refractivity contribution >= 4 is 23.3 Å². The van der Waals surface area contributed by atoms with Crippen LogP contribution < -0.4 is 4.90 Å². The third kappa shape index (κ3) is 4.05. The molecule has 3 fully saturated rings. The number of rotatable bonds is 4. The summed E-state index contributed by atoms with van der Waals surface area (Å²) in [6.45, 7) is 2.63. The molecular formula is C22H28N2O4. The molecule has 28 heavy (non-hydrogen) atoms. The highest BCUT2D eigenvalue weighted by Crippen LogP contribution is 2.40. The van der Waals surface area contributed by atoms with Crippen molar-refractivity contribution in [2.75, 3.05) is 37.7 Å². The number of nitrogens with zero attached hydrogens (tertiary/aromatic N) is 2. The zero-order chi connectivity index (χ0) is 19.5. The molecule has 0 spiro atoms. The fourth-order valence-electron chi connectivity index (χ4n) is 4.87. The Bertz CT molecular complexity index is 711. The molecule has 150 valence electrons. The molecule has 2 saturated carbocycles. The van der Waals surface area contributed by atoms with Gasteiger partial charge in [-0.15, -0.1) is 0 Å². The zero-order valence-electron chi connectivity index (χ0n) is 16.2. The van der Waals surface area contributed by atoms with Crippen LogP contribution in [0.25, 0.3) is 0 Å². The van der Waals surface area contributed by atoms with Crippen molar-refractivity contribution in [3.05, 3.63) is 30.3 Å². The first kappa shape index (κ1) is 19.0. The predicted molar refractivity (Wildman–Crippen MR) is 105 cm³/mol. The number of amides is 1. The lowest BCUT2D eigenvalue weighted by atomic mass is 9.67. The van der Waals surface area contributed by atoms with Crippen LogP contribution in [0.3, 0.4) is 0 Å². The summed E-state index contributed by atoms with van der Waals surface area (Å²) in [6, 6.07) is 10.2. The van der Waals surface area contributed by atoms with E-state index in [1.807, 2.05) is 18.2 Å². The fraction of sp³-hybridized carbons (Fsp3) is 0.591. The summed E-state index contributed by atoms with van der Waals surface area (Å²) in [5.41, 5.74) is 1.17. The van der Waals surface area contributed by atoms with E-state index in [0.717, 1.165) is 32.4 Å². The number of fused-ring (bicyclic) bond motifs is 2. The first-order valence-electron chi connectivity index (χ1n) is 10.4. The Balaban J connectivity index is 1.23. The van der Waals surface area contributed by atoms with E-state index in [1.165, 1.54) is 5.69 Å². The van der Waals surface area contributed by atoms with Crippen LogP contribution >= 0.6 is 0 Å². The molecule has 1 aliphatic heterocycles. The molecule has 0 aromatic heterocycles. The van der Waals surface area contributed by atoms with Crippen molar-refractivity contribution in [2.45, 2.75) is 32.1 Å². The number of para-hydroxylation sites is 1. The Morgan fingerprint density at radius 2 is 1.61 bits per heavy atom. The van der Waals surface area contributed by atoms with Crippen LogP contribution in [0.4, 0.5) is 5.69 Å². The number of ether oxygens (including phenoxy) is 1. The average Bonchev–Trinajstić information content (AvgIpc) is 2.72. The molecule has 1 amide bonds. The Hall–Kier alpha value is -2.37. The van der Waals surface area contributed by atoms with Crippen molar-refractivity contribution < 1.29 is 19.1 Å². The SMILES string of the molecule is O=C(OCC(=O)N1CCN(c2ccccc2)CC1)C1C[C@H]2CCC[C@H](C1)C2=O. The number of hydrogen-bond acceptors (Lipinski definition) is 5. The molecule has 2 aliphatic carbocycles. The van der Waals surface area contributed by atoms with E-state index in [-0.39, 0.29) is 36.2 Å². The van der Waals surface area contributed by atoms with Gasteiger partial charge in [-0.3, -0.25) is 14.4 Å². The largest absolute Gasteiger partial charge is 0.455 e. The van der Waals surface area contributed by atoms with Crippen LogP contribution in [-0.2, 0) is 19.1 Å². The maximum atomic E-state index is 12.5. The minimum atomic E-state index is -0.305. The normalized spacial score (nSPS) is 27.4. The number of anilines is 1. The lowest BCUT2D eigenvalue weighted by Crippen LogP contribution is -2.50. The van der Waals surface area contributed by atoms with Gasteiger partial charge in [-0.05, 0) is 37.8 Å². The highest BCUT2D eigenvalue weighted by atomic mass is 16.5. The number of ketones is 1. The second-order valence-corrected chi connectivity index (χ2v) is 8.21. The Kier molecular flexibility index (Phi) is 5.64. The Labute approximate surface area is 165 Å². The van der Waals surface area contributed by atoms with Crippen LogP contribution in [0.1, 0.15) is 32.1 Å². The molecule has 4 rings (SSSR count). The molecule has 2 bridgehead atoms. The number of Topliss-reactive ketones (excluding diaryl/α,β-unsaturated/α-hetero) is 1. The number of esters is 1. The van der Waals surface area contributed by atoms with E-state index in [0.29, 0.717) is 31.7 Å². The van der Waals surface area contributed by atoms with E-state index in [4.69, 9.17) is 4.74 Å². The lowest BCUT2D eigenvalue weighted by Gasteiger charge is -2.37. The minimum absolute atomic E-state index is 0.0202. The van der Waals surface area contributed by atoms with Crippen molar-refractivity contribution in [3.63, 3.8) is 0 Å². The van der Waals surface area contributed by atoms with Crippen molar-refractivity contribution in [1.29, 1.82) is 0 Å². The van der Waals surface area contributed by atoms with Crippen molar-refractivity contribution in [3.8, 4) is 0 Å². The molecule has 6 nitrogen and oxygen atoms in total. The van der Waals surface area contributed by atoms with E-state index >= 15 is 0 Å². The maximum Gasteiger partial charge on any atom is 0.309 e. The van der Waals surface area contributed by atoms with Crippen LogP contribution in [-0.4, -0.2) is 55.3 Å². The number of piperazine rings is 1. The molecule has 2 atom stereocenters. The molecule has 0 N–H and O–H groups in total. The van der Waals surface area contributed by atoms with Gasteiger partial charge in [0.25, 0.3) is 5.91 Å². The van der Waals surface area contributed by atoms with Gasteiger partial charge in [0.2, 0.25) is 0 Å². The third-order valence-electron chi connectivity index (χ3n) is 6.47. The highest BCUT2D eigenvalue weighted by Gasteiger charge is 2.42. The molecule has 0 radical (unpaired) electrons. The van der Waals surface area contributed by atoms with Gasteiger partial charge < -0.3 is 14.5 Å². The summed E-state index contributed by atoms with van der Waals surface area (Å²) >= 11 is 0. The van der Waals surface area contributed by atoms with E-state index in [1.54, 1.807) is 4.90 Å². The molecule has 1 aromatic carbocycles. The number of hydrogen-bond donors (Lipinski definition) is 0. The van der Waals surface area contributed by atoms with Gasteiger partial charge in [0, 0.05) is 43.7 Å². The number of carbonyl (C=O) groups is 3. The van der Waals surface area contributed by atoms with Crippen molar-refractivity contribution in [2.24, 2.45) is 17.8 Å². The first-order chi connectivity index (χ1) is 13.6. The Morgan fingerprint density at radius 3 is 2.25 bits per heavy atom. The number of carbonyl (C=O) groups excluding carboxylic acids is 3. The topological polar surface area (TPSA) is 66.9 Å². The molecule has 6 heteroatoms. The summed E-state index contributed by atoms with van der Waals surface area (Å²) in [7, 11) is 0. The Morgan fingerprint density at radius 1 is 0.964 bits per heavy atom. The highest BCUT2D eigenvalue weighted by molar-refractivity contribution is 5.88. The summed E-state index contributed by atoms with van der Waals surface area (Å²) in [6.07, 6.45) is 4.06. The van der Waals surface area contributed by atoms with Crippen molar-refractivity contribution in [1.82, 2.24) is 4.90 Å². The average molecular weight is 384 g/mol. The van der Waals surface area contributed by atoms with E-state index in [9.17, 15) is 14.4 Å². The van der Waals surface area contributed by atoms with E-state index < -0.39 is 0 Å². The van der Waals surface area contributed by atoms with E-state index in [2.05, 4.69) is 17.0 Å². The summed E-state index contributed by atoms with van der Waals surface area (Å²) in [4.78, 5) is 41.1. The van der Waals surface area contributed by atoms with Gasteiger partial charge in [-0.1, -0.05) is 24.6 Å². The minimum Gasteiger partial charge on any atom is -0.455 e. The quantitative estimate of drug-likeness (QED) is 0.745. The van der Waals surface area contributed by atoms with Crippen LogP contribution in [0.15, 0.2) is 30.3 Å². The standard InChI is InChI=1S/C22H28N2O4/c25-20(24-11-9-23(10-12-24)19-7-2-1-3-8-19)15-28-22(27)18-13-16-5-4-6-17(14-18)21(16)26/h1-3,7-8,16-18H,4-6,9-15H2/t16-,17-/m1/s1. The van der Waals surface area contributed by atoms with Gasteiger partial charge in [0.05, 0.1) is 5.92 Å². The molecule has 1 aromatic rings. The monoisotopic (exact) mass is 384 g/mol. The molecular weight excluding hydrogens is 356 g/mol. The summed E-state index contributed by atoms with van der Waals surface area (Å²) < 4.78 is 5.35. The zero-order valence-corrected chi connectivity index (χ0v) is 16.2. The van der Waals surface area contributed by atoms with Crippen LogP contribution in [0, 0.1) is 17.8 Å². The maximum absolute atomic E-state index is 12.5. The van der Waals surface area contributed by atoms with Gasteiger partial charge in [0.1, 0.15) is 5.78 Å². The molecule has 3 aliphatic rings. The van der Waals surface area contributed by atoms with Gasteiger partial charge in [-0.25, -0.2) is 0 Å². The summed E-state index contributed by atoms with van der Waals surface area (Å²) in [5.74, 6) is -0.286. The molecule has 1 heterocycles. The van der Waals surface area contributed by atoms with Gasteiger partial charge >= 0.3 is 5.97 Å². The smallest absolute Gasteiger partial charge is 0.309 e. The second kappa shape index (κ2) is 8.33. The fourth-order valence-corrected chi connectivity index (χ4v) is 4.87. The second-order valence-electron chi connectivity index (χ2n) is 8.21. The lowest BCUT2D eigenvalue weighted by molar-refractivity contribution is -0.159. The molecule has 1 saturated heterocycles. The van der Waals surface area contributed by atoms with Gasteiger partial charge in [-0.2, -0.15) is 0 Å². The predicted octanol–water partition coefficient (Wildman–Crippen LogP) is 2.27. The third-order valence-corrected chi connectivity index (χ3v) is 6.47.